The zero-order valence-corrected chi connectivity index (χ0v) is 9.75. The Morgan fingerprint density at radius 1 is 1.54 bits per heavy atom. The number of rotatable bonds is 7. The van der Waals surface area contributed by atoms with Gasteiger partial charge in [-0.15, -0.1) is 0 Å². The van der Waals surface area contributed by atoms with Crippen molar-refractivity contribution >= 4 is 17.5 Å². The first-order valence-electron chi connectivity index (χ1n) is 4.81. The molecular formula is C11H20OS. The number of thioether (sulfide) groups is 1. The van der Waals surface area contributed by atoms with E-state index < -0.39 is 0 Å². The molecule has 0 saturated carbocycles. The van der Waals surface area contributed by atoms with Crippen molar-refractivity contribution in [1.82, 2.24) is 0 Å². The third-order valence-corrected chi connectivity index (χ3v) is 3.24. The van der Waals surface area contributed by atoms with E-state index in [-0.39, 0.29) is 10.5 Å². The Bertz CT molecular complexity index is 173. The van der Waals surface area contributed by atoms with Crippen LogP contribution in [0.1, 0.15) is 40.0 Å². The van der Waals surface area contributed by atoms with Crippen molar-refractivity contribution in [2.24, 2.45) is 0 Å². The van der Waals surface area contributed by atoms with Gasteiger partial charge in [0.2, 0.25) is 0 Å². The van der Waals surface area contributed by atoms with Crippen LogP contribution in [0.2, 0.25) is 0 Å². The van der Waals surface area contributed by atoms with Gasteiger partial charge in [-0.05, 0) is 18.2 Å². The molecule has 0 atom stereocenters. The molecule has 0 aromatic rings. The number of carbonyl (C=O) groups is 1. The van der Waals surface area contributed by atoms with Crippen LogP contribution in [0, 0.1) is 0 Å². The Balaban J connectivity index is 3.78. The molecule has 76 valence electrons. The molecule has 0 aliphatic heterocycles. The normalized spacial score (nSPS) is 11.3. The van der Waals surface area contributed by atoms with E-state index >= 15 is 0 Å². The highest BCUT2D eigenvalue weighted by atomic mass is 32.2. The second kappa shape index (κ2) is 6.25. The molecule has 0 rings (SSSR count). The molecule has 0 aliphatic carbocycles. The molecule has 0 aromatic carbocycles. The summed E-state index contributed by atoms with van der Waals surface area (Å²) in [5.41, 5.74) is 0. The van der Waals surface area contributed by atoms with Crippen molar-refractivity contribution in [3.8, 4) is 0 Å². The molecule has 0 saturated heterocycles. The molecule has 0 radical (unpaired) electrons. The minimum absolute atomic E-state index is 0.0699. The maximum Gasteiger partial charge on any atom is 0.156 e. The van der Waals surface area contributed by atoms with Crippen molar-refractivity contribution < 1.29 is 4.79 Å². The highest BCUT2D eigenvalue weighted by molar-refractivity contribution is 8.00. The zero-order valence-electron chi connectivity index (χ0n) is 8.93. The Morgan fingerprint density at radius 3 is 2.62 bits per heavy atom. The molecule has 0 N–H and O–H groups in total. The molecule has 0 aliphatic rings. The highest BCUT2D eigenvalue weighted by Crippen LogP contribution is 2.29. The van der Waals surface area contributed by atoms with Gasteiger partial charge in [0.05, 0.1) is 0 Å². The molecule has 0 bridgehead atoms. The largest absolute Gasteiger partial charge is 0.295 e. The van der Waals surface area contributed by atoms with Crippen molar-refractivity contribution in [2.75, 3.05) is 5.75 Å². The van der Waals surface area contributed by atoms with Crippen LogP contribution < -0.4 is 0 Å². The Labute approximate surface area is 86.0 Å². The zero-order chi connectivity index (χ0) is 10.3. The van der Waals surface area contributed by atoms with Crippen LogP contribution in [0.5, 0.6) is 0 Å². The van der Waals surface area contributed by atoms with Crippen LogP contribution in [0.4, 0.5) is 0 Å². The fraction of sp³-hybridized carbons (Fsp3) is 0.727. The van der Waals surface area contributed by atoms with Crippen LogP contribution in [-0.4, -0.2) is 16.3 Å². The number of carbonyl (C=O) groups excluding carboxylic acids is 1. The summed E-state index contributed by atoms with van der Waals surface area (Å²) >= 11 is 1.88. The summed E-state index contributed by atoms with van der Waals surface area (Å²) in [7, 11) is 0. The fourth-order valence-corrected chi connectivity index (χ4v) is 2.27. The van der Waals surface area contributed by atoms with E-state index in [1.165, 1.54) is 18.9 Å². The Hall–Kier alpha value is -0.240. The quantitative estimate of drug-likeness (QED) is 0.462. The smallest absolute Gasteiger partial charge is 0.156 e. The highest BCUT2D eigenvalue weighted by Gasteiger charge is 2.20. The van der Waals surface area contributed by atoms with E-state index in [4.69, 9.17) is 0 Å². The van der Waals surface area contributed by atoms with Crippen LogP contribution in [-0.2, 0) is 4.79 Å². The Morgan fingerprint density at radius 2 is 2.15 bits per heavy atom. The Kier molecular flexibility index (Phi) is 6.13. The van der Waals surface area contributed by atoms with E-state index in [9.17, 15) is 4.79 Å². The van der Waals surface area contributed by atoms with Crippen molar-refractivity contribution in [2.45, 2.75) is 44.8 Å². The van der Waals surface area contributed by atoms with Gasteiger partial charge in [0.25, 0.3) is 0 Å². The number of allylic oxidation sites excluding steroid dienone is 1. The molecule has 0 fully saturated rings. The lowest BCUT2D eigenvalue weighted by Crippen LogP contribution is -2.19. The van der Waals surface area contributed by atoms with E-state index in [0.29, 0.717) is 6.42 Å². The predicted octanol–water partition coefficient (Wildman–Crippen LogP) is 3.44. The fourth-order valence-electron chi connectivity index (χ4n) is 1.04. The predicted molar refractivity (Wildman–Crippen MR) is 61.3 cm³/mol. The minimum atomic E-state index is 0.0699. The van der Waals surface area contributed by atoms with Crippen molar-refractivity contribution in [3.63, 3.8) is 0 Å². The molecule has 13 heavy (non-hydrogen) atoms. The average Bonchev–Trinajstić information content (AvgIpc) is 2.03. The molecule has 0 aromatic heterocycles. The maximum atomic E-state index is 11.1. The van der Waals surface area contributed by atoms with Gasteiger partial charge < -0.3 is 0 Å². The van der Waals surface area contributed by atoms with E-state index in [0.717, 1.165) is 5.75 Å². The third kappa shape index (κ3) is 6.88. The lowest BCUT2D eigenvalue weighted by Gasteiger charge is -2.22. The summed E-state index contributed by atoms with van der Waals surface area (Å²) in [4.78, 5) is 11.1. The topological polar surface area (TPSA) is 17.1 Å². The van der Waals surface area contributed by atoms with E-state index in [1.54, 1.807) is 0 Å². The van der Waals surface area contributed by atoms with Crippen molar-refractivity contribution in [3.05, 3.63) is 12.7 Å². The van der Waals surface area contributed by atoms with Gasteiger partial charge in [0, 0.05) is 11.2 Å². The number of hydrogen-bond acceptors (Lipinski definition) is 2. The van der Waals surface area contributed by atoms with Gasteiger partial charge in [-0.2, -0.15) is 11.8 Å². The first kappa shape index (κ1) is 12.8. The maximum absolute atomic E-state index is 11.1. The first-order chi connectivity index (χ1) is 6.02. The van der Waals surface area contributed by atoms with Gasteiger partial charge in [0.1, 0.15) is 0 Å². The first-order valence-corrected chi connectivity index (χ1v) is 5.79. The summed E-state index contributed by atoms with van der Waals surface area (Å²) < 4.78 is 0.0699. The minimum Gasteiger partial charge on any atom is -0.295 e. The van der Waals surface area contributed by atoms with Gasteiger partial charge in [-0.25, -0.2) is 0 Å². The van der Waals surface area contributed by atoms with Gasteiger partial charge in [0.15, 0.2) is 5.78 Å². The van der Waals surface area contributed by atoms with Gasteiger partial charge in [-0.3, -0.25) is 4.79 Å². The van der Waals surface area contributed by atoms with Crippen LogP contribution >= 0.6 is 11.8 Å². The van der Waals surface area contributed by atoms with Crippen LogP contribution in [0.15, 0.2) is 12.7 Å². The molecule has 0 unspecified atom stereocenters. The molecule has 0 amide bonds. The monoisotopic (exact) mass is 200 g/mol. The lowest BCUT2D eigenvalue weighted by atomic mass is 10.1. The summed E-state index contributed by atoms with van der Waals surface area (Å²) in [6.07, 6.45) is 4.47. The lowest BCUT2D eigenvalue weighted by molar-refractivity contribution is -0.114. The van der Waals surface area contributed by atoms with E-state index in [1.807, 2.05) is 11.8 Å². The summed E-state index contributed by atoms with van der Waals surface area (Å²) in [5, 5.41) is 0. The van der Waals surface area contributed by atoms with Crippen LogP contribution in [0.25, 0.3) is 0 Å². The summed E-state index contributed by atoms with van der Waals surface area (Å²) in [6.45, 7) is 9.90. The van der Waals surface area contributed by atoms with Crippen molar-refractivity contribution in [1.29, 1.82) is 0 Å². The summed E-state index contributed by atoms with van der Waals surface area (Å²) in [6, 6.07) is 0. The SMILES string of the molecule is C=CC(=O)CC(C)(C)SCCCC. The molecular weight excluding hydrogens is 180 g/mol. The van der Waals surface area contributed by atoms with Crippen LogP contribution in [0.3, 0.4) is 0 Å². The number of ketones is 1. The number of unbranched alkanes of at least 4 members (excludes halogenated alkanes) is 1. The standard InChI is InChI=1S/C11H20OS/c1-5-7-8-13-11(3,4)9-10(12)6-2/h6H,2,5,7-9H2,1,3-4H3. The van der Waals surface area contributed by atoms with Gasteiger partial charge in [-0.1, -0.05) is 33.8 Å². The third-order valence-electron chi connectivity index (χ3n) is 1.82. The van der Waals surface area contributed by atoms with Gasteiger partial charge >= 0.3 is 0 Å². The van der Waals surface area contributed by atoms with E-state index in [2.05, 4.69) is 27.4 Å². The molecule has 2 heteroatoms. The second-order valence-corrected chi connectivity index (χ2v) is 5.61. The number of hydrogen-bond donors (Lipinski definition) is 0. The summed E-state index contributed by atoms with van der Waals surface area (Å²) in [5.74, 6) is 1.29. The second-order valence-electron chi connectivity index (χ2n) is 3.81. The molecule has 1 nitrogen and oxygen atoms in total. The molecule has 0 spiro atoms. The average molecular weight is 200 g/mol. The molecule has 0 heterocycles.